The predicted octanol–water partition coefficient (Wildman–Crippen LogP) is 2.32. The zero-order valence-corrected chi connectivity index (χ0v) is 11.8. The number of hydrogen-bond acceptors (Lipinski definition) is 2. The highest BCUT2D eigenvalue weighted by Gasteiger charge is 2.13. The molecule has 0 aliphatic carbocycles. The van der Waals surface area contributed by atoms with E-state index in [9.17, 15) is 8.42 Å². The standard InChI is InChI=1S/C11H16BrNO2S/c1-3-16(14,15)13-9(2)8-10-6-4-5-7-11(10)12/h4-7,9,13H,3,8H2,1-2H3/t9-/m1/s1. The van der Waals surface area contributed by atoms with Gasteiger partial charge < -0.3 is 0 Å². The Hall–Kier alpha value is -0.390. The average Bonchev–Trinajstić information content (AvgIpc) is 2.21. The summed E-state index contributed by atoms with van der Waals surface area (Å²) < 4.78 is 26.4. The first-order valence-electron chi connectivity index (χ1n) is 5.18. The van der Waals surface area contributed by atoms with Crippen molar-refractivity contribution in [2.75, 3.05) is 5.75 Å². The number of benzene rings is 1. The normalized spacial score (nSPS) is 13.7. The molecule has 1 aromatic carbocycles. The lowest BCUT2D eigenvalue weighted by Gasteiger charge is -2.14. The van der Waals surface area contributed by atoms with Gasteiger partial charge in [-0.15, -0.1) is 0 Å². The molecule has 1 aromatic rings. The van der Waals surface area contributed by atoms with Crippen molar-refractivity contribution in [3.63, 3.8) is 0 Å². The molecule has 0 unspecified atom stereocenters. The maximum absolute atomic E-state index is 11.4. The van der Waals surface area contributed by atoms with E-state index in [1.165, 1.54) is 0 Å². The second-order valence-corrected chi connectivity index (χ2v) is 6.61. The van der Waals surface area contributed by atoms with Crippen molar-refractivity contribution in [2.45, 2.75) is 26.3 Å². The van der Waals surface area contributed by atoms with E-state index in [1.54, 1.807) is 6.92 Å². The summed E-state index contributed by atoms with van der Waals surface area (Å²) in [6.07, 6.45) is 0.681. The smallest absolute Gasteiger partial charge is 0.211 e. The first-order valence-corrected chi connectivity index (χ1v) is 7.62. The van der Waals surface area contributed by atoms with Crippen LogP contribution < -0.4 is 4.72 Å². The topological polar surface area (TPSA) is 46.2 Å². The number of halogens is 1. The maximum atomic E-state index is 11.4. The van der Waals surface area contributed by atoms with Crippen molar-refractivity contribution in [3.05, 3.63) is 34.3 Å². The molecule has 0 spiro atoms. The fraction of sp³-hybridized carbons (Fsp3) is 0.455. The van der Waals surface area contributed by atoms with Crippen molar-refractivity contribution in [1.82, 2.24) is 4.72 Å². The van der Waals surface area contributed by atoms with Crippen LogP contribution >= 0.6 is 15.9 Å². The molecule has 0 amide bonds. The second-order valence-electron chi connectivity index (χ2n) is 3.72. The van der Waals surface area contributed by atoms with E-state index in [1.807, 2.05) is 31.2 Å². The van der Waals surface area contributed by atoms with Gasteiger partial charge in [-0.05, 0) is 31.9 Å². The molecule has 0 radical (unpaired) electrons. The zero-order chi connectivity index (χ0) is 12.2. The summed E-state index contributed by atoms with van der Waals surface area (Å²) in [5, 5.41) is 0. The third-order valence-electron chi connectivity index (χ3n) is 2.24. The molecule has 0 heterocycles. The van der Waals surface area contributed by atoms with Crippen LogP contribution in [0.1, 0.15) is 19.4 Å². The number of rotatable bonds is 5. The van der Waals surface area contributed by atoms with Gasteiger partial charge in [0.15, 0.2) is 0 Å². The van der Waals surface area contributed by atoms with Crippen molar-refractivity contribution in [1.29, 1.82) is 0 Å². The van der Waals surface area contributed by atoms with Crippen LogP contribution in [-0.4, -0.2) is 20.2 Å². The Labute approximate surface area is 105 Å². The van der Waals surface area contributed by atoms with Gasteiger partial charge in [-0.25, -0.2) is 13.1 Å². The Balaban J connectivity index is 2.66. The van der Waals surface area contributed by atoms with E-state index >= 15 is 0 Å². The summed E-state index contributed by atoms with van der Waals surface area (Å²) in [6, 6.07) is 7.73. The first-order chi connectivity index (χ1) is 7.44. The van der Waals surface area contributed by atoms with Gasteiger partial charge >= 0.3 is 0 Å². The van der Waals surface area contributed by atoms with Gasteiger partial charge in [0.2, 0.25) is 10.0 Å². The lowest BCUT2D eigenvalue weighted by molar-refractivity contribution is 0.561. The SMILES string of the molecule is CCS(=O)(=O)N[C@H](C)Cc1ccccc1Br. The summed E-state index contributed by atoms with van der Waals surface area (Å²) in [4.78, 5) is 0. The minimum atomic E-state index is -3.12. The maximum Gasteiger partial charge on any atom is 0.211 e. The predicted molar refractivity (Wildman–Crippen MR) is 69.9 cm³/mol. The Kier molecular flexibility index (Phi) is 4.95. The molecular formula is C11H16BrNO2S. The van der Waals surface area contributed by atoms with E-state index in [4.69, 9.17) is 0 Å². The van der Waals surface area contributed by atoms with Gasteiger partial charge in [0.25, 0.3) is 0 Å². The minimum Gasteiger partial charge on any atom is -0.212 e. The van der Waals surface area contributed by atoms with E-state index in [0.29, 0.717) is 6.42 Å². The average molecular weight is 306 g/mol. The van der Waals surface area contributed by atoms with Gasteiger partial charge in [-0.2, -0.15) is 0 Å². The molecule has 0 saturated carbocycles. The quantitative estimate of drug-likeness (QED) is 0.907. The molecule has 1 atom stereocenters. The minimum absolute atomic E-state index is 0.0938. The molecule has 5 heteroatoms. The van der Waals surface area contributed by atoms with Crippen LogP contribution in [0, 0.1) is 0 Å². The van der Waals surface area contributed by atoms with E-state index in [-0.39, 0.29) is 11.8 Å². The molecule has 90 valence electrons. The lowest BCUT2D eigenvalue weighted by atomic mass is 10.1. The molecule has 0 aromatic heterocycles. The van der Waals surface area contributed by atoms with Gasteiger partial charge in [-0.1, -0.05) is 34.1 Å². The monoisotopic (exact) mass is 305 g/mol. The molecule has 0 aliphatic rings. The van der Waals surface area contributed by atoms with Gasteiger partial charge in [0, 0.05) is 10.5 Å². The van der Waals surface area contributed by atoms with Crippen molar-refractivity contribution >= 4 is 26.0 Å². The highest BCUT2D eigenvalue weighted by Crippen LogP contribution is 2.17. The Morgan fingerprint density at radius 1 is 1.38 bits per heavy atom. The Bertz CT molecular complexity index is 445. The van der Waals surface area contributed by atoms with E-state index < -0.39 is 10.0 Å². The molecule has 3 nitrogen and oxygen atoms in total. The van der Waals surface area contributed by atoms with Gasteiger partial charge in [0.05, 0.1) is 5.75 Å². The van der Waals surface area contributed by atoms with E-state index in [2.05, 4.69) is 20.7 Å². The summed E-state index contributed by atoms with van der Waals surface area (Å²) in [6.45, 7) is 3.50. The first kappa shape index (κ1) is 13.7. The molecule has 1 N–H and O–H groups in total. The fourth-order valence-electron chi connectivity index (χ4n) is 1.43. The second kappa shape index (κ2) is 5.80. The Morgan fingerprint density at radius 2 is 2.00 bits per heavy atom. The van der Waals surface area contributed by atoms with Gasteiger partial charge in [-0.3, -0.25) is 0 Å². The molecule has 1 rings (SSSR count). The Morgan fingerprint density at radius 3 is 2.56 bits per heavy atom. The van der Waals surface area contributed by atoms with Crippen LogP contribution in [0.2, 0.25) is 0 Å². The summed E-state index contributed by atoms with van der Waals surface area (Å²) in [5.41, 5.74) is 1.11. The third kappa shape index (κ3) is 4.23. The van der Waals surface area contributed by atoms with Crippen LogP contribution in [0.3, 0.4) is 0 Å². The zero-order valence-electron chi connectivity index (χ0n) is 9.40. The van der Waals surface area contributed by atoms with Gasteiger partial charge in [0.1, 0.15) is 0 Å². The number of sulfonamides is 1. The fourth-order valence-corrected chi connectivity index (χ4v) is 2.74. The number of hydrogen-bond donors (Lipinski definition) is 1. The lowest BCUT2D eigenvalue weighted by Crippen LogP contribution is -2.35. The van der Waals surface area contributed by atoms with Crippen LogP contribution in [0.15, 0.2) is 28.7 Å². The molecule has 16 heavy (non-hydrogen) atoms. The molecule has 0 fully saturated rings. The van der Waals surface area contributed by atoms with Crippen LogP contribution in [0.25, 0.3) is 0 Å². The largest absolute Gasteiger partial charge is 0.212 e. The number of nitrogens with one attached hydrogen (secondary N) is 1. The van der Waals surface area contributed by atoms with Crippen LogP contribution in [0.5, 0.6) is 0 Å². The highest BCUT2D eigenvalue weighted by atomic mass is 79.9. The molecule has 0 aliphatic heterocycles. The third-order valence-corrected chi connectivity index (χ3v) is 4.54. The summed E-state index contributed by atoms with van der Waals surface area (Å²) in [7, 11) is -3.12. The van der Waals surface area contributed by atoms with Crippen LogP contribution in [0.4, 0.5) is 0 Å². The summed E-state index contributed by atoms with van der Waals surface area (Å²) in [5.74, 6) is 0.118. The molecular weight excluding hydrogens is 290 g/mol. The molecule has 0 bridgehead atoms. The summed E-state index contributed by atoms with van der Waals surface area (Å²) >= 11 is 3.44. The molecule has 0 saturated heterocycles. The van der Waals surface area contributed by atoms with E-state index in [0.717, 1.165) is 10.0 Å². The van der Waals surface area contributed by atoms with Crippen molar-refractivity contribution in [3.8, 4) is 0 Å². The van der Waals surface area contributed by atoms with Crippen molar-refractivity contribution in [2.24, 2.45) is 0 Å². The van der Waals surface area contributed by atoms with Crippen molar-refractivity contribution < 1.29 is 8.42 Å². The highest BCUT2D eigenvalue weighted by molar-refractivity contribution is 9.10. The van der Waals surface area contributed by atoms with Crippen LogP contribution in [-0.2, 0) is 16.4 Å².